The molecule has 132 valence electrons. The van der Waals surface area contributed by atoms with E-state index >= 15 is 0 Å². The minimum atomic E-state index is -0.0434. The molecule has 0 N–H and O–H groups in total. The van der Waals surface area contributed by atoms with Crippen LogP contribution in [0.5, 0.6) is 0 Å². The van der Waals surface area contributed by atoms with Crippen LogP contribution in [0.2, 0.25) is 0 Å². The average Bonchev–Trinajstić information content (AvgIpc) is 3.11. The van der Waals surface area contributed by atoms with Crippen LogP contribution >= 0.6 is 0 Å². The number of piperazine rings is 1. The SMILES string of the molecule is COCC(=O)N1CCN(C(=O)c2cnn(Cc3ccccc3)c2)CC1. The molecule has 0 aliphatic carbocycles. The maximum absolute atomic E-state index is 12.6. The van der Waals surface area contributed by atoms with Gasteiger partial charge in [0.2, 0.25) is 5.91 Å². The monoisotopic (exact) mass is 342 g/mol. The van der Waals surface area contributed by atoms with Crippen molar-refractivity contribution >= 4 is 11.8 Å². The molecule has 0 atom stereocenters. The van der Waals surface area contributed by atoms with E-state index < -0.39 is 0 Å². The molecule has 1 fully saturated rings. The van der Waals surface area contributed by atoms with E-state index in [1.807, 2.05) is 30.3 Å². The lowest BCUT2D eigenvalue weighted by molar-refractivity contribution is -0.136. The molecule has 1 aliphatic heterocycles. The Bertz CT molecular complexity index is 721. The van der Waals surface area contributed by atoms with Crippen LogP contribution in [0.3, 0.4) is 0 Å². The average molecular weight is 342 g/mol. The van der Waals surface area contributed by atoms with Crippen LogP contribution < -0.4 is 0 Å². The number of carbonyl (C=O) groups excluding carboxylic acids is 2. The van der Waals surface area contributed by atoms with E-state index in [2.05, 4.69) is 5.10 Å². The summed E-state index contributed by atoms with van der Waals surface area (Å²) in [4.78, 5) is 27.9. The Morgan fingerprint density at radius 2 is 1.76 bits per heavy atom. The molecule has 25 heavy (non-hydrogen) atoms. The highest BCUT2D eigenvalue weighted by Crippen LogP contribution is 2.10. The fourth-order valence-corrected chi connectivity index (χ4v) is 2.89. The van der Waals surface area contributed by atoms with Gasteiger partial charge in [-0.25, -0.2) is 0 Å². The highest BCUT2D eigenvalue weighted by molar-refractivity contribution is 5.94. The van der Waals surface area contributed by atoms with E-state index in [1.54, 1.807) is 26.9 Å². The molecular formula is C18H22N4O3. The van der Waals surface area contributed by atoms with E-state index in [9.17, 15) is 9.59 Å². The third kappa shape index (κ3) is 4.24. The lowest BCUT2D eigenvalue weighted by Crippen LogP contribution is -2.51. The molecule has 2 heterocycles. The minimum Gasteiger partial charge on any atom is -0.375 e. The first-order valence-corrected chi connectivity index (χ1v) is 8.30. The van der Waals surface area contributed by atoms with E-state index in [4.69, 9.17) is 4.74 Å². The van der Waals surface area contributed by atoms with E-state index in [1.165, 1.54) is 7.11 Å². The predicted octanol–water partition coefficient (Wildman–Crippen LogP) is 0.862. The molecule has 0 radical (unpaired) electrons. The van der Waals surface area contributed by atoms with Crippen molar-refractivity contribution in [1.29, 1.82) is 0 Å². The molecule has 1 aromatic carbocycles. The van der Waals surface area contributed by atoms with Gasteiger partial charge in [-0.2, -0.15) is 5.10 Å². The van der Waals surface area contributed by atoms with Crippen LogP contribution in [0.4, 0.5) is 0 Å². The summed E-state index contributed by atoms with van der Waals surface area (Å²) >= 11 is 0. The molecule has 2 aromatic rings. The second-order valence-electron chi connectivity index (χ2n) is 6.02. The Hall–Kier alpha value is -2.67. The maximum atomic E-state index is 12.6. The molecule has 1 aliphatic rings. The van der Waals surface area contributed by atoms with Crippen molar-refractivity contribution in [3.8, 4) is 0 Å². The third-order valence-corrected chi connectivity index (χ3v) is 4.25. The summed E-state index contributed by atoms with van der Waals surface area (Å²) in [5.41, 5.74) is 1.71. The normalized spacial score (nSPS) is 14.6. The number of ether oxygens (including phenoxy) is 1. The topological polar surface area (TPSA) is 67.7 Å². The third-order valence-electron chi connectivity index (χ3n) is 4.25. The zero-order valence-electron chi connectivity index (χ0n) is 14.3. The number of carbonyl (C=O) groups is 2. The largest absolute Gasteiger partial charge is 0.375 e. The van der Waals surface area contributed by atoms with Crippen molar-refractivity contribution in [3.63, 3.8) is 0 Å². The zero-order valence-corrected chi connectivity index (χ0v) is 14.3. The summed E-state index contributed by atoms with van der Waals surface area (Å²) in [5, 5.41) is 4.28. The summed E-state index contributed by atoms with van der Waals surface area (Å²) < 4.78 is 6.63. The van der Waals surface area contributed by atoms with Gasteiger partial charge in [-0.3, -0.25) is 14.3 Å². The molecule has 2 amide bonds. The van der Waals surface area contributed by atoms with Crippen molar-refractivity contribution in [2.24, 2.45) is 0 Å². The summed E-state index contributed by atoms with van der Waals surface area (Å²) in [6.45, 7) is 2.84. The Morgan fingerprint density at radius 3 is 2.44 bits per heavy atom. The molecule has 0 saturated carbocycles. The van der Waals surface area contributed by atoms with Crippen molar-refractivity contribution in [3.05, 3.63) is 53.9 Å². The Kier molecular flexibility index (Phi) is 5.45. The Morgan fingerprint density at radius 1 is 1.08 bits per heavy atom. The summed E-state index contributed by atoms with van der Waals surface area (Å²) in [7, 11) is 1.50. The van der Waals surface area contributed by atoms with Crippen molar-refractivity contribution in [2.45, 2.75) is 6.54 Å². The van der Waals surface area contributed by atoms with Crippen LogP contribution in [0.25, 0.3) is 0 Å². The fraction of sp³-hybridized carbons (Fsp3) is 0.389. The molecular weight excluding hydrogens is 320 g/mol. The highest BCUT2D eigenvalue weighted by atomic mass is 16.5. The van der Waals surface area contributed by atoms with Gasteiger partial charge in [0.15, 0.2) is 0 Å². The van der Waals surface area contributed by atoms with E-state index in [0.717, 1.165) is 5.56 Å². The van der Waals surface area contributed by atoms with Gasteiger partial charge >= 0.3 is 0 Å². The van der Waals surface area contributed by atoms with Gasteiger partial charge in [0, 0.05) is 39.5 Å². The maximum Gasteiger partial charge on any atom is 0.257 e. The number of rotatable bonds is 5. The standard InChI is InChI=1S/C18H22N4O3/c1-25-14-17(23)20-7-9-21(10-8-20)18(24)16-11-19-22(13-16)12-15-5-3-2-4-6-15/h2-6,11,13H,7-10,12,14H2,1H3. The predicted molar refractivity (Wildman–Crippen MR) is 92.1 cm³/mol. The van der Waals surface area contributed by atoms with Gasteiger partial charge in [-0.1, -0.05) is 30.3 Å². The molecule has 3 rings (SSSR count). The number of nitrogens with zero attached hydrogens (tertiary/aromatic N) is 4. The summed E-state index contributed by atoms with van der Waals surface area (Å²) in [5.74, 6) is -0.0802. The van der Waals surface area contributed by atoms with Crippen LogP contribution in [-0.4, -0.2) is 71.3 Å². The zero-order chi connectivity index (χ0) is 17.6. The highest BCUT2D eigenvalue weighted by Gasteiger charge is 2.25. The van der Waals surface area contributed by atoms with Crippen LogP contribution in [0.1, 0.15) is 15.9 Å². The first-order chi connectivity index (χ1) is 12.2. The Labute approximate surface area is 146 Å². The number of aromatic nitrogens is 2. The first-order valence-electron chi connectivity index (χ1n) is 8.30. The van der Waals surface area contributed by atoms with Gasteiger partial charge in [0.25, 0.3) is 5.91 Å². The number of hydrogen-bond donors (Lipinski definition) is 0. The van der Waals surface area contributed by atoms with Crippen molar-refractivity contribution in [1.82, 2.24) is 19.6 Å². The number of hydrogen-bond acceptors (Lipinski definition) is 4. The molecule has 7 heteroatoms. The second-order valence-corrected chi connectivity index (χ2v) is 6.02. The van der Waals surface area contributed by atoms with Crippen LogP contribution in [0, 0.1) is 0 Å². The number of benzene rings is 1. The summed E-state index contributed by atoms with van der Waals surface area (Å²) in [6, 6.07) is 9.99. The van der Waals surface area contributed by atoms with E-state index in [0.29, 0.717) is 38.3 Å². The summed E-state index contributed by atoms with van der Waals surface area (Å²) in [6.07, 6.45) is 3.38. The van der Waals surface area contributed by atoms with Crippen molar-refractivity contribution < 1.29 is 14.3 Å². The minimum absolute atomic E-state index is 0.0368. The van der Waals surface area contributed by atoms with Gasteiger partial charge in [-0.15, -0.1) is 0 Å². The smallest absolute Gasteiger partial charge is 0.257 e. The lowest BCUT2D eigenvalue weighted by atomic mass is 10.2. The van der Waals surface area contributed by atoms with Gasteiger partial charge in [0.1, 0.15) is 6.61 Å². The van der Waals surface area contributed by atoms with Crippen LogP contribution in [0.15, 0.2) is 42.7 Å². The van der Waals surface area contributed by atoms with Gasteiger partial charge < -0.3 is 14.5 Å². The molecule has 0 spiro atoms. The number of methoxy groups -OCH3 is 1. The molecule has 7 nitrogen and oxygen atoms in total. The van der Waals surface area contributed by atoms with E-state index in [-0.39, 0.29) is 18.4 Å². The van der Waals surface area contributed by atoms with Gasteiger partial charge in [0.05, 0.1) is 18.3 Å². The second kappa shape index (κ2) is 7.94. The molecule has 0 bridgehead atoms. The quantitative estimate of drug-likeness (QED) is 0.808. The lowest BCUT2D eigenvalue weighted by Gasteiger charge is -2.34. The van der Waals surface area contributed by atoms with Crippen LogP contribution in [-0.2, 0) is 16.1 Å². The first kappa shape index (κ1) is 17.2. The van der Waals surface area contributed by atoms with Crippen molar-refractivity contribution in [2.75, 3.05) is 39.9 Å². The number of amides is 2. The Balaban J connectivity index is 1.56. The molecule has 0 unspecified atom stereocenters. The molecule has 1 saturated heterocycles. The fourth-order valence-electron chi connectivity index (χ4n) is 2.89. The molecule has 1 aromatic heterocycles. The van der Waals surface area contributed by atoms with Gasteiger partial charge in [-0.05, 0) is 5.56 Å².